The lowest BCUT2D eigenvalue weighted by Gasteiger charge is -2.34. The molecule has 0 spiro atoms. The summed E-state index contributed by atoms with van der Waals surface area (Å²) in [6.07, 6.45) is 0. The van der Waals surface area contributed by atoms with Crippen molar-refractivity contribution in [3.63, 3.8) is 0 Å². The summed E-state index contributed by atoms with van der Waals surface area (Å²) < 4.78 is 10.8. The van der Waals surface area contributed by atoms with Crippen LogP contribution in [0, 0.1) is 6.92 Å². The zero-order valence-corrected chi connectivity index (χ0v) is 13.1. The van der Waals surface area contributed by atoms with Crippen molar-refractivity contribution in [1.82, 2.24) is 14.9 Å². The molecule has 1 saturated heterocycles. The van der Waals surface area contributed by atoms with Crippen molar-refractivity contribution < 1.29 is 9.47 Å². The Morgan fingerprint density at radius 1 is 1.43 bits per heavy atom. The van der Waals surface area contributed by atoms with E-state index in [1.54, 1.807) is 18.4 Å². The van der Waals surface area contributed by atoms with Gasteiger partial charge in [-0.25, -0.2) is 9.97 Å². The number of pyridine rings is 1. The first kappa shape index (κ1) is 14.4. The summed E-state index contributed by atoms with van der Waals surface area (Å²) in [6.45, 7) is 5.14. The Hall–Kier alpha value is -1.50. The van der Waals surface area contributed by atoms with Gasteiger partial charge in [-0.3, -0.25) is 4.90 Å². The summed E-state index contributed by atoms with van der Waals surface area (Å²) >= 11 is 1.70. The van der Waals surface area contributed by atoms with Crippen molar-refractivity contribution in [3.05, 3.63) is 40.0 Å². The van der Waals surface area contributed by atoms with Gasteiger partial charge in [0.15, 0.2) is 0 Å². The summed E-state index contributed by atoms with van der Waals surface area (Å²) in [7, 11) is 1.64. The van der Waals surface area contributed by atoms with E-state index in [0.29, 0.717) is 12.5 Å². The van der Waals surface area contributed by atoms with Gasteiger partial charge in [0.25, 0.3) is 0 Å². The molecule has 0 aliphatic carbocycles. The molecule has 0 N–H and O–H groups in total. The third-order valence-electron chi connectivity index (χ3n) is 3.52. The van der Waals surface area contributed by atoms with Gasteiger partial charge in [-0.2, -0.15) is 0 Å². The zero-order chi connectivity index (χ0) is 14.7. The molecule has 3 heterocycles. The molecule has 5 nitrogen and oxygen atoms in total. The number of aromatic nitrogens is 2. The molecule has 1 fully saturated rings. The van der Waals surface area contributed by atoms with Gasteiger partial charge in [0, 0.05) is 30.2 Å². The molecule has 1 aliphatic rings. The van der Waals surface area contributed by atoms with E-state index >= 15 is 0 Å². The van der Waals surface area contributed by atoms with Crippen LogP contribution in [0.3, 0.4) is 0 Å². The third-order valence-corrected chi connectivity index (χ3v) is 4.58. The largest absolute Gasteiger partial charge is 0.481 e. The molecule has 0 bridgehead atoms. The van der Waals surface area contributed by atoms with Gasteiger partial charge in [-0.1, -0.05) is 6.07 Å². The molecule has 21 heavy (non-hydrogen) atoms. The predicted molar refractivity (Wildman–Crippen MR) is 81.6 cm³/mol. The van der Waals surface area contributed by atoms with E-state index in [1.165, 1.54) is 0 Å². The molecule has 112 valence electrons. The van der Waals surface area contributed by atoms with E-state index in [0.717, 1.165) is 36.1 Å². The number of methoxy groups -OCH3 is 1. The minimum absolute atomic E-state index is 0.213. The molecular formula is C15H19N3O2S. The number of rotatable bonds is 4. The second-order valence-corrected chi connectivity index (χ2v) is 5.95. The normalized spacial score (nSPS) is 19.6. The Kier molecular flexibility index (Phi) is 4.48. The Balaban J connectivity index is 1.77. The molecule has 6 heteroatoms. The van der Waals surface area contributed by atoms with Crippen molar-refractivity contribution in [2.45, 2.75) is 19.5 Å². The first-order valence-electron chi connectivity index (χ1n) is 7.00. The number of morpholine rings is 1. The van der Waals surface area contributed by atoms with Crippen LogP contribution in [0.2, 0.25) is 0 Å². The minimum Gasteiger partial charge on any atom is -0.481 e. The van der Waals surface area contributed by atoms with Crippen LogP contribution in [-0.2, 0) is 11.3 Å². The molecule has 1 aliphatic heterocycles. The lowest BCUT2D eigenvalue weighted by Crippen LogP contribution is -2.39. The zero-order valence-electron chi connectivity index (χ0n) is 12.3. The van der Waals surface area contributed by atoms with Crippen LogP contribution in [0.15, 0.2) is 23.6 Å². The summed E-state index contributed by atoms with van der Waals surface area (Å²) in [6, 6.07) is 6.09. The summed E-state index contributed by atoms with van der Waals surface area (Å²) in [4.78, 5) is 11.5. The fraction of sp³-hybridized carbons (Fsp3) is 0.467. The molecular weight excluding hydrogens is 286 g/mol. The maximum absolute atomic E-state index is 5.64. The summed E-state index contributed by atoms with van der Waals surface area (Å²) in [5.41, 5.74) is 2.08. The van der Waals surface area contributed by atoms with Crippen molar-refractivity contribution in [2.24, 2.45) is 0 Å². The number of aryl methyl sites for hydroxylation is 1. The van der Waals surface area contributed by atoms with Gasteiger partial charge in [-0.15, -0.1) is 11.3 Å². The number of ether oxygens (including phenoxy) is 2. The molecule has 1 atom stereocenters. The Labute approximate surface area is 128 Å². The van der Waals surface area contributed by atoms with Crippen LogP contribution in [-0.4, -0.2) is 41.7 Å². The van der Waals surface area contributed by atoms with E-state index < -0.39 is 0 Å². The van der Waals surface area contributed by atoms with Crippen LogP contribution in [0.1, 0.15) is 22.4 Å². The molecule has 1 unspecified atom stereocenters. The fourth-order valence-corrected chi connectivity index (χ4v) is 3.36. The van der Waals surface area contributed by atoms with Crippen LogP contribution in [0.25, 0.3) is 0 Å². The number of hydrogen-bond donors (Lipinski definition) is 0. The van der Waals surface area contributed by atoms with Gasteiger partial charge in [-0.05, 0) is 13.0 Å². The highest BCUT2D eigenvalue weighted by molar-refractivity contribution is 7.09. The number of nitrogens with zero attached hydrogens (tertiary/aromatic N) is 3. The summed E-state index contributed by atoms with van der Waals surface area (Å²) in [5, 5.41) is 3.21. The second-order valence-electron chi connectivity index (χ2n) is 5.06. The van der Waals surface area contributed by atoms with Gasteiger partial charge in [0.1, 0.15) is 5.01 Å². The van der Waals surface area contributed by atoms with Gasteiger partial charge >= 0.3 is 0 Å². The predicted octanol–water partition coefficient (Wildman–Crippen LogP) is 2.43. The second kappa shape index (κ2) is 6.51. The van der Waals surface area contributed by atoms with Crippen molar-refractivity contribution in [1.29, 1.82) is 0 Å². The van der Waals surface area contributed by atoms with Crippen molar-refractivity contribution in [2.75, 3.05) is 26.9 Å². The third kappa shape index (κ3) is 3.40. The lowest BCUT2D eigenvalue weighted by atomic mass is 10.2. The van der Waals surface area contributed by atoms with Crippen LogP contribution < -0.4 is 4.74 Å². The van der Waals surface area contributed by atoms with Gasteiger partial charge in [0.05, 0.1) is 32.1 Å². The lowest BCUT2D eigenvalue weighted by molar-refractivity contribution is -0.0134. The Morgan fingerprint density at radius 3 is 3.10 bits per heavy atom. The van der Waals surface area contributed by atoms with Crippen LogP contribution in [0.4, 0.5) is 0 Å². The fourth-order valence-electron chi connectivity index (χ4n) is 2.45. The highest BCUT2D eigenvalue weighted by Crippen LogP contribution is 2.28. The number of hydrogen-bond acceptors (Lipinski definition) is 6. The molecule has 0 amide bonds. The highest BCUT2D eigenvalue weighted by Gasteiger charge is 2.27. The van der Waals surface area contributed by atoms with E-state index in [-0.39, 0.29) is 6.04 Å². The Morgan fingerprint density at radius 2 is 2.33 bits per heavy atom. The topological polar surface area (TPSA) is 47.5 Å². The average Bonchev–Trinajstić information content (AvgIpc) is 2.94. The average molecular weight is 305 g/mol. The van der Waals surface area contributed by atoms with E-state index in [9.17, 15) is 0 Å². The monoisotopic (exact) mass is 305 g/mol. The van der Waals surface area contributed by atoms with E-state index in [4.69, 9.17) is 9.47 Å². The number of thiazole rings is 1. The van der Waals surface area contributed by atoms with E-state index in [2.05, 4.69) is 20.2 Å². The summed E-state index contributed by atoms with van der Waals surface area (Å²) in [5.74, 6) is 0.655. The first-order valence-corrected chi connectivity index (χ1v) is 7.88. The molecule has 0 radical (unpaired) electrons. The highest BCUT2D eigenvalue weighted by atomic mass is 32.1. The molecule has 3 rings (SSSR count). The van der Waals surface area contributed by atoms with Crippen LogP contribution in [0.5, 0.6) is 5.88 Å². The van der Waals surface area contributed by atoms with Crippen molar-refractivity contribution in [3.8, 4) is 5.88 Å². The first-order chi connectivity index (χ1) is 10.3. The van der Waals surface area contributed by atoms with Gasteiger partial charge < -0.3 is 9.47 Å². The Bertz CT molecular complexity index is 602. The van der Waals surface area contributed by atoms with E-state index in [1.807, 2.05) is 25.1 Å². The van der Waals surface area contributed by atoms with Crippen LogP contribution >= 0.6 is 11.3 Å². The smallest absolute Gasteiger partial charge is 0.213 e. The quantitative estimate of drug-likeness (QED) is 0.868. The van der Waals surface area contributed by atoms with Gasteiger partial charge in [0.2, 0.25) is 5.88 Å². The molecule has 0 aromatic carbocycles. The SMILES string of the molecule is COc1cccc(CN2CCOCC2c2nc(C)cs2)n1. The maximum atomic E-state index is 5.64. The molecule has 0 saturated carbocycles. The molecule has 2 aromatic heterocycles. The minimum atomic E-state index is 0.213. The maximum Gasteiger partial charge on any atom is 0.213 e. The molecule has 2 aromatic rings. The van der Waals surface area contributed by atoms with Crippen molar-refractivity contribution >= 4 is 11.3 Å². The standard InChI is InChI=1S/C15H19N3O2S/c1-11-10-21-15(16-11)13-9-20-7-6-18(13)8-12-4-3-5-14(17-12)19-2/h3-5,10,13H,6-9H2,1-2H3.